The van der Waals surface area contributed by atoms with E-state index in [1.54, 1.807) is 13.0 Å². The third-order valence-corrected chi connectivity index (χ3v) is 2.09. The topological polar surface area (TPSA) is 37.8 Å². The third-order valence-electron chi connectivity index (χ3n) is 1.90. The smallest absolute Gasteiger partial charge is 0.137 e. The van der Waals surface area contributed by atoms with E-state index in [1.165, 1.54) is 0 Å². The first kappa shape index (κ1) is 12.8. The van der Waals surface area contributed by atoms with Crippen molar-refractivity contribution in [2.24, 2.45) is 0 Å². The molecule has 0 saturated heterocycles. The maximum absolute atomic E-state index is 5.94. The molecule has 1 N–H and O–H groups in total. The Hall–Kier alpha value is -1.27. The Morgan fingerprint density at radius 2 is 2.06 bits per heavy atom. The summed E-state index contributed by atoms with van der Waals surface area (Å²) in [5.74, 6) is 7.16. The lowest BCUT2D eigenvalue weighted by Gasteiger charge is -2.17. The van der Waals surface area contributed by atoms with Crippen LogP contribution in [0.15, 0.2) is 6.07 Å². The molecule has 0 aliphatic rings. The summed E-state index contributed by atoms with van der Waals surface area (Å²) in [5.41, 5.74) is -0.113. The van der Waals surface area contributed by atoms with Gasteiger partial charge in [0.15, 0.2) is 0 Å². The summed E-state index contributed by atoms with van der Waals surface area (Å²) in [5, 5.41) is 3.54. The summed E-state index contributed by atoms with van der Waals surface area (Å²) in [6.07, 6.45) is 0. The van der Waals surface area contributed by atoms with Crippen LogP contribution in [0.25, 0.3) is 0 Å². The second-order valence-corrected chi connectivity index (χ2v) is 4.82. The molecule has 1 rings (SSSR count). The molecule has 0 bridgehead atoms. The molecule has 0 fully saturated rings. The van der Waals surface area contributed by atoms with Crippen LogP contribution >= 0.6 is 11.6 Å². The highest BCUT2D eigenvalue weighted by Gasteiger charge is 2.18. The van der Waals surface area contributed by atoms with Gasteiger partial charge >= 0.3 is 0 Å². The van der Waals surface area contributed by atoms with E-state index < -0.39 is 0 Å². The summed E-state index contributed by atoms with van der Waals surface area (Å²) in [4.78, 5) is 8.61. The molecule has 0 aliphatic heterocycles. The molecule has 16 heavy (non-hydrogen) atoms. The zero-order valence-corrected chi connectivity index (χ0v) is 10.8. The fourth-order valence-electron chi connectivity index (χ4n) is 1.07. The van der Waals surface area contributed by atoms with Crippen LogP contribution < -0.4 is 5.32 Å². The number of hydrogen-bond acceptors (Lipinski definition) is 3. The van der Waals surface area contributed by atoms with Crippen molar-refractivity contribution in [2.45, 2.75) is 33.1 Å². The normalized spacial score (nSPS) is 10.6. The van der Waals surface area contributed by atoms with Gasteiger partial charge in [0.2, 0.25) is 0 Å². The molecule has 0 saturated carbocycles. The van der Waals surface area contributed by atoms with E-state index in [9.17, 15) is 0 Å². The van der Waals surface area contributed by atoms with Gasteiger partial charge in [0, 0.05) is 11.5 Å². The summed E-state index contributed by atoms with van der Waals surface area (Å²) >= 11 is 5.94. The van der Waals surface area contributed by atoms with Gasteiger partial charge in [-0.1, -0.05) is 38.3 Å². The van der Waals surface area contributed by atoms with E-state index in [-0.39, 0.29) is 5.41 Å². The molecule has 0 aromatic carbocycles. The molecule has 0 amide bonds. The average Bonchev–Trinajstić information content (AvgIpc) is 2.16. The van der Waals surface area contributed by atoms with Gasteiger partial charge in [0.1, 0.15) is 16.8 Å². The maximum atomic E-state index is 5.94. The molecule has 4 heteroatoms. The van der Waals surface area contributed by atoms with Gasteiger partial charge < -0.3 is 5.32 Å². The molecule has 0 atom stereocenters. The minimum absolute atomic E-state index is 0.113. The number of hydrogen-bond donors (Lipinski definition) is 1. The van der Waals surface area contributed by atoms with Crippen molar-refractivity contribution in [3.8, 4) is 11.8 Å². The highest BCUT2D eigenvalue weighted by atomic mass is 35.5. The van der Waals surface area contributed by atoms with Gasteiger partial charge in [-0.3, -0.25) is 0 Å². The predicted molar refractivity (Wildman–Crippen MR) is 67.7 cm³/mol. The van der Waals surface area contributed by atoms with E-state index in [4.69, 9.17) is 11.6 Å². The zero-order valence-electron chi connectivity index (χ0n) is 10.1. The first-order chi connectivity index (χ1) is 7.43. The number of halogens is 1. The van der Waals surface area contributed by atoms with Crippen molar-refractivity contribution in [1.29, 1.82) is 0 Å². The van der Waals surface area contributed by atoms with Crippen molar-refractivity contribution in [3.05, 3.63) is 17.0 Å². The second-order valence-electron chi connectivity index (χ2n) is 4.43. The highest BCUT2D eigenvalue weighted by Crippen LogP contribution is 2.21. The van der Waals surface area contributed by atoms with Gasteiger partial charge in [-0.25, -0.2) is 9.97 Å². The van der Waals surface area contributed by atoms with Crippen LogP contribution in [-0.2, 0) is 5.41 Å². The number of nitrogens with zero attached hydrogens (tertiary/aromatic N) is 2. The SMILES string of the molecule is CC#CCNc1cc(Cl)nc(C(C)(C)C)n1. The van der Waals surface area contributed by atoms with Gasteiger partial charge in [0.05, 0.1) is 6.54 Å². The fourth-order valence-corrected chi connectivity index (χ4v) is 1.25. The maximum Gasteiger partial charge on any atom is 0.137 e. The highest BCUT2D eigenvalue weighted by molar-refractivity contribution is 6.29. The summed E-state index contributed by atoms with van der Waals surface area (Å²) < 4.78 is 0. The van der Waals surface area contributed by atoms with E-state index in [1.807, 2.05) is 20.8 Å². The molecule has 3 nitrogen and oxygen atoms in total. The van der Waals surface area contributed by atoms with Crippen molar-refractivity contribution >= 4 is 17.4 Å². The van der Waals surface area contributed by atoms with Crippen LogP contribution in [0, 0.1) is 11.8 Å². The van der Waals surface area contributed by atoms with Crippen LogP contribution in [0.5, 0.6) is 0 Å². The second kappa shape index (κ2) is 5.18. The van der Waals surface area contributed by atoms with Gasteiger partial charge in [-0.15, -0.1) is 5.92 Å². The molecule has 0 unspecified atom stereocenters. The largest absolute Gasteiger partial charge is 0.359 e. The van der Waals surface area contributed by atoms with E-state index in [0.29, 0.717) is 17.5 Å². The first-order valence-corrected chi connectivity index (χ1v) is 5.50. The minimum atomic E-state index is -0.113. The van der Waals surface area contributed by atoms with E-state index in [2.05, 4.69) is 27.1 Å². The molecule has 1 aromatic heterocycles. The Morgan fingerprint density at radius 3 is 2.62 bits per heavy atom. The van der Waals surface area contributed by atoms with Gasteiger partial charge in [-0.2, -0.15) is 0 Å². The minimum Gasteiger partial charge on any atom is -0.359 e. The van der Waals surface area contributed by atoms with Crippen molar-refractivity contribution in [2.75, 3.05) is 11.9 Å². The summed E-state index contributed by atoms with van der Waals surface area (Å²) in [6, 6.07) is 1.70. The monoisotopic (exact) mass is 237 g/mol. The quantitative estimate of drug-likeness (QED) is 0.635. The molecular weight excluding hydrogens is 222 g/mol. The Bertz CT molecular complexity index is 424. The number of rotatable bonds is 2. The van der Waals surface area contributed by atoms with Crippen molar-refractivity contribution in [3.63, 3.8) is 0 Å². The summed E-state index contributed by atoms with van der Waals surface area (Å²) in [6.45, 7) is 8.51. The lowest BCUT2D eigenvalue weighted by molar-refractivity contribution is 0.546. The van der Waals surface area contributed by atoms with E-state index >= 15 is 0 Å². The molecule has 0 spiro atoms. The Balaban J connectivity index is 2.93. The van der Waals surface area contributed by atoms with Crippen LogP contribution in [-0.4, -0.2) is 16.5 Å². The molecule has 86 valence electrons. The van der Waals surface area contributed by atoms with Crippen LogP contribution in [0.4, 0.5) is 5.82 Å². The fraction of sp³-hybridized carbons (Fsp3) is 0.500. The first-order valence-electron chi connectivity index (χ1n) is 5.12. The molecule has 0 aliphatic carbocycles. The Morgan fingerprint density at radius 1 is 1.38 bits per heavy atom. The van der Waals surface area contributed by atoms with Crippen molar-refractivity contribution in [1.82, 2.24) is 9.97 Å². The molecule has 1 aromatic rings. The third kappa shape index (κ3) is 3.71. The Kier molecular flexibility index (Phi) is 4.14. The van der Waals surface area contributed by atoms with Crippen LogP contribution in [0.2, 0.25) is 5.15 Å². The van der Waals surface area contributed by atoms with Crippen molar-refractivity contribution < 1.29 is 0 Å². The molecule has 0 radical (unpaired) electrons. The van der Waals surface area contributed by atoms with Crippen LogP contribution in [0.3, 0.4) is 0 Å². The van der Waals surface area contributed by atoms with Gasteiger partial charge in [0.25, 0.3) is 0 Å². The lowest BCUT2D eigenvalue weighted by Crippen LogP contribution is -2.17. The Labute approximate surface area is 102 Å². The zero-order chi connectivity index (χ0) is 12.2. The lowest BCUT2D eigenvalue weighted by atomic mass is 9.96. The van der Waals surface area contributed by atoms with E-state index in [0.717, 1.165) is 5.82 Å². The number of aromatic nitrogens is 2. The van der Waals surface area contributed by atoms with Crippen LogP contribution in [0.1, 0.15) is 33.5 Å². The summed E-state index contributed by atoms with van der Waals surface area (Å²) in [7, 11) is 0. The number of anilines is 1. The average molecular weight is 238 g/mol. The van der Waals surface area contributed by atoms with Gasteiger partial charge in [-0.05, 0) is 6.92 Å². The molecular formula is C12H16ClN3. The molecule has 1 heterocycles. The number of nitrogens with one attached hydrogen (secondary N) is 1. The predicted octanol–water partition coefficient (Wildman–Crippen LogP) is 2.86. The standard InChI is InChI=1S/C12H16ClN3/c1-5-6-7-14-10-8-9(13)15-11(16-10)12(2,3)4/h8H,7H2,1-4H3,(H,14,15,16).